The van der Waals surface area contributed by atoms with E-state index < -0.39 is 23.6 Å². The number of benzene rings is 2. The van der Waals surface area contributed by atoms with E-state index in [1.165, 1.54) is 24.3 Å². The molecule has 0 fully saturated rings. The Balaban J connectivity index is 1.52. The fraction of sp³-hybridized carbons (Fsp3) is 0.217. The van der Waals surface area contributed by atoms with Crippen molar-refractivity contribution in [2.24, 2.45) is 0 Å². The zero-order chi connectivity index (χ0) is 22.4. The van der Waals surface area contributed by atoms with Crippen LogP contribution >= 0.6 is 0 Å². The van der Waals surface area contributed by atoms with Gasteiger partial charge in [0.2, 0.25) is 11.8 Å². The monoisotopic (exact) mass is 429 g/mol. The maximum atomic E-state index is 13.5. The number of nitrogens with one attached hydrogen (secondary N) is 3. The molecule has 1 unspecified atom stereocenters. The van der Waals surface area contributed by atoms with Crippen molar-refractivity contribution in [2.75, 3.05) is 6.54 Å². The number of hydrogen-bond acceptors (Lipinski definition) is 2. The summed E-state index contributed by atoms with van der Waals surface area (Å²) in [6.07, 6.45) is 5.13. The number of amides is 2. The van der Waals surface area contributed by atoms with E-state index in [4.69, 9.17) is 0 Å². The highest BCUT2D eigenvalue weighted by molar-refractivity contribution is 5.95. The summed E-state index contributed by atoms with van der Waals surface area (Å²) in [6, 6.07) is 7.00. The number of hydrogen-bond donors (Lipinski definition) is 3. The van der Waals surface area contributed by atoms with E-state index in [9.17, 15) is 22.8 Å². The minimum atomic E-state index is -1.01. The molecule has 1 aromatic heterocycles. The van der Waals surface area contributed by atoms with Crippen molar-refractivity contribution < 1.29 is 22.8 Å². The van der Waals surface area contributed by atoms with Gasteiger partial charge >= 0.3 is 0 Å². The highest BCUT2D eigenvalue weighted by Crippen LogP contribution is 2.19. The Labute approximate surface area is 177 Å². The minimum Gasteiger partial charge on any atom is -0.361 e. The van der Waals surface area contributed by atoms with Crippen LogP contribution in [0.4, 0.5) is 13.2 Å². The molecule has 162 valence electrons. The van der Waals surface area contributed by atoms with E-state index in [0.29, 0.717) is 24.9 Å². The van der Waals surface area contributed by atoms with Gasteiger partial charge in [0.05, 0.1) is 0 Å². The number of aromatic nitrogens is 1. The number of carbonyl (C=O) groups is 2. The molecule has 0 saturated carbocycles. The summed E-state index contributed by atoms with van der Waals surface area (Å²) in [7, 11) is 0. The molecule has 3 rings (SSSR count). The topological polar surface area (TPSA) is 74.0 Å². The molecule has 5 nitrogen and oxygen atoms in total. The molecule has 0 radical (unpaired) electrons. The van der Waals surface area contributed by atoms with Crippen LogP contribution in [-0.2, 0) is 16.0 Å². The predicted octanol–water partition coefficient (Wildman–Crippen LogP) is 3.85. The van der Waals surface area contributed by atoms with Crippen molar-refractivity contribution in [3.8, 4) is 0 Å². The molecule has 2 aromatic carbocycles. The van der Waals surface area contributed by atoms with Crippen molar-refractivity contribution in [1.82, 2.24) is 15.6 Å². The van der Waals surface area contributed by atoms with Gasteiger partial charge in [0.15, 0.2) is 11.6 Å². The second-order valence-corrected chi connectivity index (χ2v) is 7.02. The first kappa shape index (κ1) is 22.1. The van der Waals surface area contributed by atoms with E-state index in [1.54, 1.807) is 19.2 Å². The highest BCUT2D eigenvalue weighted by Gasteiger charge is 2.17. The number of rotatable bonds is 8. The first-order valence-corrected chi connectivity index (χ1v) is 9.84. The van der Waals surface area contributed by atoms with Crippen molar-refractivity contribution in [2.45, 2.75) is 25.8 Å². The van der Waals surface area contributed by atoms with Crippen molar-refractivity contribution >= 4 is 28.8 Å². The van der Waals surface area contributed by atoms with Gasteiger partial charge in [-0.1, -0.05) is 13.0 Å². The third-order valence-corrected chi connectivity index (χ3v) is 4.84. The largest absolute Gasteiger partial charge is 0.361 e. The Morgan fingerprint density at radius 3 is 2.65 bits per heavy atom. The summed E-state index contributed by atoms with van der Waals surface area (Å²) >= 11 is 0. The molecule has 0 aliphatic heterocycles. The van der Waals surface area contributed by atoms with E-state index >= 15 is 0 Å². The second-order valence-electron chi connectivity index (χ2n) is 7.02. The SMILES string of the molecule is CCC(NC(=O)/C=C/c1ccc(F)c(F)c1)C(=O)NCCc1c[nH]c2ccc(F)cc12. The van der Waals surface area contributed by atoms with Crippen LogP contribution in [0.5, 0.6) is 0 Å². The quantitative estimate of drug-likeness (QED) is 0.476. The molecule has 0 spiro atoms. The van der Waals surface area contributed by atoms with Gasteiger partial charge in [-0.3, -0.25) is 9.59 Å². The molecule has 3 N–H and O–H groups in total. The molecular weight excluding hydrogens is 407 g/mol. The van der Waals surface area contributed by atoms with E-state index in [2.05, 4.69) is 15.6 Å². The fourth-order valence-corrected chi connectivity index (χ4v) is 3.16. The number of H-pyrrole nitrogens is 1. The van der Waals surface area contributed by atoms with Gasteiger partial charge < -0.3 is 15.6 Å². The number of fused-ring (bicyclic) bond motifs is 1. The van der Waals surface area contributed by atoms with Crippen molar-refractivity contribution in [1.29, 1.82) is 0 Å². The third-order valence-electron chi connectivity index (χ3n) is 4.84. The molecule has 0 bridgehead atoms. The molecule has 0 aliphatic rings. The van der Waals surface area contributed by atoms with Crippen LogP contribution in [0.1, 0.15) is 24.5 Å². The molecule has 2 amide bonds. The maximum Gasteiger partial charge on any atom is 0.244 e. The van der Waals surface area contributed by atoms with Crippen LogP contribution in [0, 0.1) is 17.5 Å². The Morgan fingerprint density at radius 2 is 1.90 bits per heavy atom. The first-order chi connectivity index (χ1) is 14.9. The number of aromatic amines is 1. The fourth-order valence-electron chi connectivity index (χ4n) is 3.16. The molecule has 1 atom stereocenters. The zero-order valence-electron chi connectivity index (χ0n) is 16.8. The summed E-state index contributed by atoms with van der Waals surface area (Å²) in [6.45, 7) is 2.07. The van der Waals surface area contributed by atoms with E-state index in [0.717, 1.165) is 34.7 Å². The van der Waals surface area contributed by atoms with Gasteiger partial charge in [0.25, 0.3) is 0 Å². The predicted molar refractivity (Wildman–Crippen MR) is 113 cm³/mol. The van der Waals surface area contributed by atoms with Crippen molar-refractivity contribution in [3.05, 3.63) is 77.2 Å². The Kier molecular flexibility index (Phi) is 7.12. The second kappa shape index (κ2) is 9.97. The summed E-state index contributed by atoms with van der Waals surface area (Å²) in [5.41, 5.74) is 2.01. The molecule has 0 aliphatic carbocycles. The lowest BCUT2D eigenvalue weighted by Crippen LogP contribution is -2.46. The van der Waals surface area contributed by atoms with Crippen LogP contribution in [0.3, 0.4) is 0 Å². The Morgan fingerprint density at radius 1 is 1.10 bits per heavy atom. The summed E-state index contributed by atoms with van der Waals surface area (Å²) in [5, 5.41) is 6.11. The Bertz CT molecular complexity index is 1120. The van der Waals surface area contributed by atoms with Gasteiger partial charge in [-0.05, 0) is 60.4 Å². The average Bonchev–Trinajstić information content (AvgIpc) is 3.14. The lowest BCUT2D eigenvalue weighted by Gasteiger charge is -2.15. The Hall–Kier alpha value is -3.55. The van der Waals surface area contributed by atoms with Crippen molar-refractivity contribution in [3.63, 3.8) is 0 Å². The smallest absolute Gasteiger partial charge is 0.244 e. The number of carbonyl (C=O) groups excluding carboxylic acids is 2. The zero-order valence-corrected chi connectivity index (χ0v) is 16.8. The van der Waals surface area contributed by atoms with Gasteiger partial charge in [0.1, 0.15) is 11.9 Å². The van der Waals surface area contributed by atoms with Crippen LogP contribution in [0.2, 0.25) is 0 Å². The molecule has 8 heteroatoms. The normalized spacial score (nSPS) is 12.3. The molecule has 0 saturated heterocycles. The molecular formula is C23H22F3N3O2. The van der Waals surface area contributed by atoms with Gasteiger partial charge in [-0.2, -0.15) is 0 Å². The average molecular weight is 429 g/mol. The summed E-state index contributed by atoms with van der Waals surface area (Å²) < 4.78 is 39.6. The van der Waals surface area contributed by atoms with Gasteiger partial charge in [-0.15, -0.1) is 0 Å². The minimum absolute atomic E-state index is 0.319. The van der Waals surface area contributed by atoms with Crippen LogP contribution in [0.25, 0.3) is 17.0 Å². The maximum absolute atomic E-state index is 13.5. The number of halogens is 3. The lowest BCUT2D eigenvalue weighted by atomic mass is 10.1. The third kappa shape index (κ3) is 5.75. The molecule has 1 heterocycles. The molecule has 3 aromatic rings. The first-order valence-electron chi connectivity index (χ1n) is 9.84. The van der Waals surface area contributed by atoms with Gasteiger partial charge in [0, 0.05) is 29.7 Å². The molecule has 31 heavy (non-hydrogen) atoms. The highest BCUT2D eigenvalue weighted by atomic mass is 19.2. The van der Waals surface area contributed by atoms with Crippen LogP contribution < -0.4 is 10.6 Å². The van der Waals surface area contributed by atoms with Crippen LogP contribution in [-0.4, -0.2) is 29.4 Å². The van der Waals surface area contributed by atoms with E-state index in [1.807, 2.05) is 0 Å². The lowest BCUT2D eigenvalue weighted by molar-refractivity contribution is -0.127. The van der Waals surface area contributed by atoms with Gasteiger partial charge in [-0.25, -0.2) is 13.2 Å². The van der Waals surface area contributed by atoms with E-state index in [-0.39, 0.29) is 11.7 Å². The summed E-state index contributed by atoms with van der Waals surface area (Å²) in [4.78, 5) is 27.6. The standard InChI is InChI=1S/C23H22F3N3O2/c1-2-20(29-22(30)8-4-14-3-6-18(25)19(26)11-14)23(31)27-10-9-15-13-28-21-7-5-16(24)12-17(15)21/h3-8,11-13,20,28H,2,9-10H2,1H3,(H,27,31)(H,29,30)/b8-4+. The summed E-state index contributed by atoms with van der Waals surface area (Å²) in [5.74, 6) is -3.18. The van der Waals surface area contributed by atoms with Crippen LogP contribution in [0.15, 0.2) is 48.7 Å².